The molecule has 1 aromatic carbocycles. The van der Waals surface area contributed by atoms with Crippen LogP contribution in [-0.4, -0.2) is 29.4 Å². The monoisotopic (exact) mass is 209 g/mol. The lowest BCUT2D eigenvalue weighted by atomic mass is 10.1. The fraction of sp³-hybridized carbons (Fsp3) is 0.455. The minimum absolute atomic E-state index is 0.141. The first-order valence-corrected chi connectivity index (χ1v) is 5.82. The second-order valence-electron chi connectivity index (χ2n) is 3.69. The summed E-state index contributed by atoms with van der Waals surface area (Å²) in [6.45, 7) is 2.27. The van der Waals surface area contributed by atoms with E-state index in [4.69, 9.17) is 5.11 Å². The third-order valence-electron chi connectivity index (χ3n) is 2.48. The molecule has 2 nitrogen and oxygen atoms in total. The van der Waals surface area contributed by atoms with Gasteiger partial charge >= 0.3 is 0 Å². The number of benzene rings is 1. The Labute approximate surface area is 88.9 Å². The fourth-order valence-corrected chi connectivity index (χ4v) is 2.77. The molecule has 0 aliphatic carbocycles. The summed E-state index contributed by atoms with van der Waals surface area (Å²) in [5.41, 5.74) is 2.36. The third-order valence-corrected chi connectivity index (χ3v) is 3.57. The first-order chi connectivity index (χ1) is 6.79. The normalized spacial score (nSPS) is 17.6. The molecule has 14 heavy (non-hydrogen) atoms. The molecule has 3 heteroatoms. The summed E-state index contributed by atoms with van der Waals surface area (Å²) < 4.78 is 0. The van der Waals surface area contributed by atoms with Crippen LogP contribution in [0.25, 0.3) is 0 Å². The molecular weight excluding hydrogens is 194 g/mol. The van der Waals surface area contributed by atoms with Gasteiger partial charge in [0.1, 0.15) is 0 Å². The van der Waals surface area contributed by atoms with Gasteiger partial charge in [0.2, 0.25) is 0 Å². The summed E-state index contributed by atoms with van der Waals surface area (Å²) in [7, 11) is 2.14. The summed E-state index contributed by atoms with van der Waals surface area (Å²) in [5.74, 6) is 1.15. The van der Waals surface area contributed by atoms with Crippen LogP contribution in [0.3, 0.4) is 0 Å². The molecule has 1 aliphatic heterocycles. The number of nitrogens with zero attached hydrogens (tertiary/aromatic N) is 1. The minimum Gasteiger partial charge on any atom is -0.392 e. The molecule has 0 saturated heterocycles. The molecule has 0 radical (unpaired) electrons. The number of rotatable bonds is 1. The Bertz CT molecular complexity index is 327. The van der Waals surface area contributed by atoms with Crippen molar-refractivity contribution in [2.75, 3.05) is 19.3 Å². The summed E-state index contributed by atoms with van der Waals surface area (Å²) in [4.78, 5) is 3.69. The van der Waals surface area contributed by atoms with Crippen LogP contribution in [0.5, 0.6) is 0 Å². The van der Waals surface area contributed by atoms with Crippen LogP contribution < -0.4 is 0 Å². The highest BCUT2D eigenvalue weighted by molar-refractivity contribution is 7.99. The van der Waals surface area contributed by atoms with Crippen molar-refractivity contribution in [2.24, 2.45) is 0 Å². The average Bonchev–Trinajstić information content (AvgIpc) is 2.37. The molecule has 1 N–H and O–H groups in total. The highest BCUT2D eigenvalue weighted by Gasteiger charge is 2.11. The van der Waals surface area contributed by atoms with E-state index in [1.54, 1.807) is 0 Å². The van der Waals surface area contributed by atoms with Gasteiger partial charge in [-0.3, -0.25) is 0 Å². The summed E-state index contributed by atoms with van der Waals surface area (Å²) in [5, 5.41) is 9.05. The standard InChI is InChI=1S/C11H15NOS/c1-12-4-5-14-11-3-2-9(8-13)6-10(11)7-12/h2-3,6,13H,4-5,7-8H2,1H3. The van der Waals surface area contributed by atoms with E-state index in [1.807, 2.05) is 17.8 Å². The van der Waals surface area contributed by atoms with Gasteiger partial charge in [-0.15, -0.1) is 11.8 Å². The molecule has 0 spiro atoms. The molecule has 1 heterocycles. The van der Waals surface area contributed by atoms with Gasteiger partial charge in [-0.1, -0.05) is 12.1 Å². The highest BCUT2D eigenvalue weighted by atomic mass is 32.2. The van der Waals surface area contributed by atoms with Crippen LogP contribution in [0.15, 0.2) is 23.1 Å². The molecule has 0 aromatic heterocycles. The van der Waals surface area contributed by atoms with Gasteiger partial charge in [-0.2, -0.15) is 0 Å². The molecule has 2 rings (SSSR count). The van der Waals surface area contributed by atoms with Gasteiger partial charge in [0, 0.05) is 23.7 Å². The molecule has 0 unspecified atom stereocenters. The van der Waals surface area contributed by atoms with E-state index in [0.29, 0.717) is 0 Å². The largest absolute Gasteiger partial charge is 0.392 e. The number of fused-ring (bicyclic) bond motifs is 1. The van der Waals surface area contributed by atoms with Crippen molar-refractivity contribution < 1.29 is 5.11 Å². The first-order valence-electron chi connectivity index (χ1n) is 4.83. The molecule has 1 aromatic rings. The zero-order chi connectivity index (χ0) is 9.97. The molecule has 0 atom stereocenters. The number of hydrogen-bond donors (Lipinski definition) is 1. The maximum atomic E-state index is 9.05. The van der Waals surface area contributed by atoms with E-state index in [2.05, 4.69) is 24.1 Å². The number of thioether (sulfide) groups is 1. The Morgan fingerprint density at radius 3 is 3.14 bits per heavy atom. The van der Waals surface area contributed by atoms with E-state index < -0.39 is 0 Å². The zero-order valence-corrected chi connectivity index (χ0v) is 9.18. The predicted octanol–water partition coefficient (Wildman–Crippen LogP) is 1.72. The lowest BCUT2D eigenvalue weighted by molar-refractivity contribution is 0.281. The average molecular weight is 209 g/mol. The van der Waals surface area contributed by atoms with Crippen molar-refractivity contribution in [3.05, 3.63) is 29.3 Å². The summed E-state index contributed by atoms with van der Waals surface area (Å²) >= 11 is 1.91. The Kier molecular flexibility index (Phi) is 3.11. The van der Waals surface area contributed by atoms with Gasteiger partial charge in [0.25, 0.3) is 0 Å². The van der Waals surface area contributed by atoms with Gasteiger partial charge in [-0.25, -0.2) is 0 Å². The molecule has 76 valence electrons. The number of aliphatic hydroxyl groups excluding tert-OH is 1. The third kappa shape index (κ3) is 2.11. The van der Waals surface area contributed by atoms with Crippen LogP contribution in [-0.2, 0) is 13.2 Å². The van der Waals surface area contributed by atoms with E-state index in [-0.39, 0.29) is 6.61 Å². The van der Waals surface area contributed by atoms with Crippen molar-refractivity contribution in [1.82, 2.24) is 4.90 Å². The SMILES string of the molecule is CN1CCSc2ccc(CO)cc2C1. The van der Waals surface area contributed by atoms with E-state index >= 15 is 0 Å². The quantitative estimate of drug-likeness (QED) is 0.762. The number of hydrogen-bond acceptors (Lipinski definition) is 3. The lowest BCUT2D eigenvalue weighted by Gasteiger charge is -2.13. The summed E-state index contributed by atoms with van der Waals surface area (Å²) in [6, 6.07) is 6.26. The van der Waals surface area contributed by atoms with Crippen molar-refractivity contribution in [1.29, 1.82) is 0 Å². The Balaban J connectivity index is 2.32. The van der Waals surface area contributed by atoms with Gasteiger partial charge < -0.3 is 10.0 Å². The second-order valence-corrected chi connectivity index (χ2v) is 4.82. The van der Waals surface area contributed by atoms with E-state index in [9.17, 15) is 0 Å². The Morgan fingerprint density at radius 2 is 2.36 bits per heavy atom. The number of aliphatic hydroxyl groups is 1. The fourth-order valence-electron chi connectivity index (χ4n) is 1.68. The van der Waals surface area contributed by atoms with Crippen molar-refractivity contribution >= 4 is 11.8 Å². The lowest BCUT2D eigenvalue weighted by Crippen LogP contribution is -2.18. The van der Waals surface area contributed by atoms with E-state index in [0.717, 1.165) is 24.4 Å². The molecule has 0 fully saturated rings. The maximum absolute atomic E-state index is 9.05. The van der Waals surface area contributed by atoms with E-state index in [1.165, 1.54) is 10.5 Å². The highest BCUT2D eigenvalue weighted by Crippen LogP contribution is 2.27. The second kappa shape index (κ2) is 4.34. The topological polar surface area (TPSA) is 23.5 Å². The van der Waals surface area contributed by atoms with Gasteiger partial charge in [0.15, 0.2) is 0 Å². The molecule has 0 bridgehead atoms. The predicted molar refractivity (Wildman–Crippen MR) is 59.4 cm³/mol. The Hall–Kier alpha value is -0.510. The van der Waals surface area contributed by atoms with Crippen molar-refractivity contribution in [2.45, 2.75) is 18.0 Å². The van der Waals surface area contributed by atoms with Crippen molar-refractivity contribution in [3.63, 3.8) is 0 Å². The molecule has 0 saturated carbocycles. The minimum atomic E-state index is 0.141. The smallest absolute Gasteiger partial charge is 0.0681 e. The molecular formula is C11H15NOS. The van der Waals surface area contributed by atoms with Crippen molar-refractivity contribution in [3.8, 4) is 0 Å². The summed E-state index contributed by atoms with van der Waals surface area (Å²) in [6.07, 6.45) is 0. The van der Waals surface area contributed by atoms with Crippen LogP contribution in [0.1, 0.15) is 11.1 Å². The Morgan fingerprint density at radius 1 is 1.50 bits per heavy atom. The van der Waals surface area contributed by atoms with Crippen LogP contribution in [0.4, 0.5) is 0 Å². The van der Waals surface area contributed by atoms with Gasteiger partial charge in [-0.05, 0) is 24.2 Å². The van der Waals surface area contributed by atoms with Gasteiger partial charge in [0.05, 0.1) is 6.61 Å². The molecule has 0 amide bonds. The van der Waals surface area contributed by atoms with Crippen LogP contribution in [0, 0.1) is 0 Å². The van der Waals surface area contributed by atoms with Crippen LogP contribution in [0.2, 0.25) is 0 Å². The first kappa shape index (κ1) is 10.0. The molecule has 1 aliphatic rings. The maximum Gasteiger partial charge on any atom is 0.0681 e. The zero-order valence-electron chi connectivity index (χ0n) is 8.36. The van der Waals surface area contributed by atoms with Crippen LogP contribution >= 0.6 is 11.8 Å².